The van der Waals surface area contributed by atoms with E-state index in [-0.39, 0.29) is 0 Å². The third-order valence-electron chi connectivity index (χ3n) is 15.1. The van der Waals surface area contributed by atoms with Crippen LogP contribution in [0.5, 0.6) is 0 Å². The number of hydrogen-bond acceptors (Lipinski definition) is 5. The molecule has 6 nitrogen and oxygen atoms in total. The van der Waals surface area contributed by atoms with Gasteiger partial charge < -0.3 is 0 Å². The number of hydrogen-bond donors (Lipinski definition) is 0. The first-order valence-corrected chi connectivity index (χ1v) is 26.1. The highest BCUT2D eigenvalue weighted by molar-refractivity contribution is 7.22. The Kier molecular flexibility index (Phi) is 9.10. The summed E-state index contributed by atoms with van der Waals surface area (Å²) >= 11 is 1.75. The molecule has 0 saturated carbocycles. The molecule has 0 unspecified atom stereocenters. The quantitative estimate of drug-likeness (QED) is 0.167. The molecule has 0 saturated heterocycles. The van der Waals surface area contributed by atoms with Gasteiger partial charge in [-0.15, -0.1) is 11.3 Å². The van der Waals surface area contributed by atoms with Gasteiger partial charge in [0.25, 0.3) is 0 Å². The van der Waals surface area contributed by atoms with Crippen molar-refractivity contribution in [3.8, 4) is 56.0 Å². The number of thiophene rings is 1. The molecule has 0 atom stereocenters. The lowest BCUT2D eigenvalue weighted by Crippen LogP contribution is -2.03. The van der Waals surface area contributed by atoms with Gasteiger partial charge in [-0.05, 0) is 91.5 Å². The Balaban J connectivity index is 0.954. The first-order chi connectivity index (χ1) is 37.2. The average molecular weight is 973 g/mol. The van der Waals surface area contributed by atoms with Crippen molar-refractivity contribution in [3.05, 3.63) is 243 Å². The zero-order valence-electron chi connectivity index (χ0n) is 40.2. The fourth-order valence-electron chi connectivity index (χ4n) is 11.7. The maximum atomic E-state index is 5.68. The summed E-state index contributed by atoms with van der Waals surface area (Å²) in [7, 11) is 0. The van der Waals surface area contributed by atoms with Crippen LogP contribution in [0.1, 0.15) is 0 Å². The molecule has 11 aromatic carbocycles. The minimum Gasteiger partial charge on any atom is -0.278 e. The zero-order valence-corrected chi connectivity index (χ0v) is 41.0. The summed E-state index contributed by atoms with van der Waals surface area (Å²) in [5.74, 6) is 1.26. The first kappa shape index (κ1) is 41.8. The van der Waals surface area contributed by atoms with Crippen LogP contribution in [0.4, 0.5) is 0 Å². The van der Waals surface area contributed by atoms with E-state index in [1.807, 2.05) is 6.07 Å². The standard InChI is InChI=1S/C68H40N6S/c1-3-19-44(20-4-1)61-40-56-66(75-61)65(51-28-15-23-41-16-7-10-24-48(41)51)72-68(70-56)74-58-36-31-42-17-8-11-25-49(42)62(58)53-34-30-47(39-60(53)74)46-33-35-57-54(38-46)63-50-26-12-9-18-43(50)32-37-59(63)73(57)67-69-55-29-14-13-27-52(55)64(71-67)45-21-5-2-6-22-45/h1-40H. The third-order valence-corrected chi connectivity index (χ3v) is 16.3. The lowest BCUT2D eigenvalue weighted by atomic mass is 9.98. The van der Waals surface area contributed by atoms with Crippen LogP contribution in [-0.2, 0) is 0 Å². The third kappa shape index (κ3) is 6.45. The lowest BCUT2D eigenvalue weighted by Gasteiger charge is -2.12. The van der Waals surface area contributed by atoms with Gasteiger partial charge in [-0.25, -0.2) is 19.9 Å². The molecule has 16 rings (SSSR count). The van der Waals surface area contributed by atoms with Gasteiger partial charge in [-0.3, -0.25) is 9.13 Å². The summed E-state index contributed by atoms with van der Waals surface area (Å²) in [6, 6.07) is 86.8. The Morgan fingerprint density at radius 2 is 0.827 bits per heavy atom. The second kappa shape index (κ2) is 16.3. The van der Waals surface area contributed by atoms with E-state index >= 15 is 0 Å². The van der Waals surface area contributed by atoms with Crippen LogP contribution in [0, 0.1) is 0 Å². The van der Waals surface area contributed by atoms with Crippen LogP contribution in [0.3, 0.4) is 0 Å². The van der Waals surface area contributed by atoms with E-state index in [1.165, 1.54) is 32.3 Å². The van der Waals surface area contributed by atoms with Crippen molar-refractivity contribution in [1.82, 2.24) is 29.1 Å². The summed E-state index contributed by atoms with van der Waals surface area (Å²) in [6.07, 6.45) is 0. The van der Waals surface area contributed by atoms with Crippen LogP contribution in [0.15, 0.2) is 243 Å². The molecule has 0 N–H and O–H groups in total. The predicted octanol–water partition coefficient (Wildman–Crippen LogP) is 18.0. The molecule has 75 heavy (non-hydrogen) atoms. The maximum Gasteiger partial charge on any atom is 0.235 e. The highest BCUT2D eigenvalue weighted by Crippen LogP contribution is 2.44. The fraction of sp³-hybridized carbons (Fsp3) is 0. The molecule has 0 bridgehead atoms. The van der Waals surface area contributed by atoms with Crippen molar-refractivity contribution in [2.45, 2.75) is 0 Å². The molecule has 7 heteroatoms. The molecular formula is C68H40N6S. The molecule has 16 aromatic rings. The highest BCUT2D eigenvalue weighted by atomic mass is 32.1. The van der Waals surface area contributed by atoms with Crippen molar-refractivity contribution in [3.63, 3.8) is 0 Å². The van der Waals surface area contributed by atoms with E-state index in [4.69, 9.17) is 19.9 Å². The molecule has 0 fully saturated rings. The SMILES string of the molecule is c1ccc(-c2cc3nc(-n4c5cc(-c6ccc7c(c6)c6c8ccccc8ccc6n7-c6nc(-c7ccccc7)c7ccccc7n6)ccc5c5c6ccccc6ccc54)nc(-c4cccc5ccccc45)c3s2)cc1. The van der Waals surface area contributed by atoms with Gasteiger partial charge in [0.2, 0.25) is 11.9 Å². The Morgan fingerprint density at radius 1 is 0.293 bits per heavy atom. The lowest BCUT2D eigenvalue weighted by molar-refractivity contribution is 1.01. The second-order valence-electron chi connectivity index (χ2n) is 19.3. The van der Waals surface area contributed by atoms with E-state index in [1.54, 1.807) is 11.3 Å². The van der Waals surface area contributed by atoms with E-state index in [9.17, 15) is 0 Å². The molecule has 0 spiro atoms. The minimum absolute atomic E-state index is 0.630. The molecule has 0 radical (unpaired) electrons. The van der Waals surface area contributed by atoms with Gasteiger partial charge >= 0.3 is 0 Å². The fourth-order valence-corrected chi connectivity index (χ4v) is 12.8. The number of fused-ring (bicyclic) bond motifs is 13. The van der Waals surface area contributed by atoms with Crippen molar-refractivity contribution in [2.75, 3.05) is 0 Å². The Morgan fingerprint density at radius 3 is 1.56 bits per heavy atom. The van der Waals surface area contributed by atoms with Crippen molar-refractivity contribution in [1.29, 1.82) is 0 Å². The van der Waals surface area contributed by atoms with Gasteiger partial charge in [-0.1, -0.05) is 200 Å². The van der Waals surface area contributed by atoms with Crippen molar-refractivity contribution < 1.29 is 0 Å². The number of aromatic nitrogens is 6. The van der Waals surface area contributed by atoms with E-state index < -0.39 is 0 Å². The largest absolute Gasteiger partial charge is 0.278 e. The molecule has 0 aliphatic rings. The van der Waals surface area contributed by atoms with Crippen LogP contribution >= 0.6 is 11.3 Å². The molecular weight excluding hydrogens is 933 g/mol. The number of rotatable bonds is 6. The smallest absolute Gasteiger partial charge is 0.235 e. The second-order valence-corrected chi connectivity index (χ2v) is 20.4. The summed E-state index contributed by atoms with van der Waals surface area (Å²) in [6.45, 7) is 0. The molecule has 0 aliphatic carbocycles. The summed E-state index contributed by atoms with van der Waals surface area (Å²) in [5, 5.41) is 12.7. The van der Waals surface area contributed by atoms with Gasteiger partial charge in [-0.2, -0.15) is 0 Å². The Bertz CT molecular complexity index is 5010. The van der Waals surface area contributed by atoms with Gasteiger partial charge in [0.1, 0.15) is 0 Å². The zero-order chi connectivity index (χ0) is 49.1. The first-order valence-electron chi connectivity index (χ1n) is 25.3. The van der Waals surface area contributed by atoms with E-state index in [0.717, 1.165) is 109 Å². The Hall–Kier alpha value is -9.82. The topological polar surface area (TPSA) is 61.4 Å². The molecule has 348 valence electrons. The van der Waals surface area contributed by atoms with Gasteiger partial charge in [0.15, 0.2) is 0 Å². The van der Waals surface area contributed by atoms with Gasteiger partial charge in [0, 0.05) is 42.9 Å². The number of nitrogens with zero attached hydrogens (tertiary/aromatic N) is 6. The summed E-state index contributed by atoms with van der Waals surface area (Å²) < 4.78 is 5.61. The average Bonchev–Trinajstić information content (AvgIpc) is 4.24. The Labute approximate surface area is 433 Å². The van der Waals surface area contributed by atoms with E-state index in [2.05, 4.69) is 246 Å². The van der Waals surface area contributed by atoms with Crippen molar-refractivity contribution in [2.24, 2.45) is 0 Å². The van der Waals surface area contributed by atoms with Crippen LogP contribution < -0.4 is 0 Å². The monoisotopic (exact) mass is 972 g/mol. The highest BCUT2D eigenvalue weighted by Gasteiger charge is 2.24. The summed E-state index contributed by atoms with van der Waals surface area (Å²) in [4.78, 5) is 23.1. The normalized spacial score (nSPS) is 12.0. The van der Waals surface area contributed by atoms with Crippen LogP contribution in [0.25, 0.3) is 153 Å². The molecule has 5 heterocycles. The van der Waals surface area contributed by atoms with Crippen molar-refractivity contribution >= 4 is 108 Å². The number of benzene rings is 11. The summed E-state index contributed by atoms with van der Waals surface area (Å²) in [5.41, 5.74) is 13.3. The van der Waals surface area contributed by atoms with Crippen LogP contribution in [-0.4, -0.2) is 29.1 Å². The van der Waals surface area contributed by atoms with Gasteiger partial charge in [0.05, 0.1) is 49.2 Å². The predicted molar refractivity (Wildman–Crippen MR) is 313 cm³/mol. The number of para-hydroxylation sites is 1. The molecule has 0 amide bonds. The molecule has 0 aliphatic heterocycles. The van der Waals surface area contributed by atoms with Crippen LogP contribution in [0.2, 0.25) is 0 Å². The maximum absolute atomic E-state index is 5.68. The molecule has 5 aromatic heterocycles. The minimum atomic E-state index is 0.630. The van der Waals surface area contributed by atoms with E-state index in [0.29, 0.717) is 11.9 Å².